The number of nitrogens with zero attached hydrogens (tertiary/aromatic N) is 2. The predicted molar refractivity (Wildman–Crippen MR) is 130 cm³/mol. The van der Waals surface area contributed by atoms with Crippen molar-refractivity contribution in [3.05, 3.63) is 86.1 Å². The molecule has 1 amide bonds. The Morgan fingerprint density at radius 2 is 1.79 bits per heavy atom. The molecule has 4 rings (SSSR count). The molecule has 0 bridgehead atoms. The third kappa shape index (κ3) is 4.67. The van der Waals surface area contributed by atoms with E-state index in [0.29, 0.717) is 0 Å². The van der Waals surface area contributed by atoms with E-state index >= 15 is 0 Å². The molecule has 1 aromatic heterocycles. The molecule has 0 saturated carbocycles. The number of amides is 1. The van der Waals surface area contributed by atoms with Gasteiger partial charge in [-0.1, -0.05) is 36.4 Å². The number of nitrogen functional groups attached to an aromatic ring is 1. The summed E-state index contributed by atoms with van der Waals surface area (Å²) in [6.45, 7) is 0.101. The van der Waals surface area contributed by atoms with Crippen molar-refractivity contribution in [2.24, 2.45) is 0 Å². The van der Waals surface area contributed by atoms with E-state index in [9.17, 15) is 22.8 Å². The van der Waals surface area contributed by atoms with Crippen LogP contribution in [0.25, 0.3) is 0 Å². The molecule has 34 heavy (non-hydrogen) atoms. The second kappa shape index (κ2) is 9.30. The molecule has 0 fully saturated rings. The normalized spacial score (nSPS) is 13.0. The molecular weight excluding hydrogens is 456 g/mol. The number of hydrogen-bond donors (Lipinski definition) is 2. The molecule has 178 valence electrons. The second-order valence-corrected chi connectivity index (χ2v) is 10.5. The number of fused-ring (bicyclic) bond motifs is 1. The maximum Gasteiger partial charge on any atom is 0.330 e. The van der Waals surface area contributed by atoms with E-state index in [2.05, 4.69) is 4.98 Å². The topological polar surface area (TPSA) is 135 Å². The van der Waals surface area contributed by atoms with E-state index in [0.717, 1.165) is 45.4 Å². The number of nitrogens with two attached hydrogens (primary N) is 1. The minimum absolute atomic E-state index is 0.101. The van der Waals surface area contributed by atoms with Crippen LogP contribution in [-0.2, 0) is 34.0 Å². The van der Waals surface area contributed by atoms with Gasteiger partial charge in [0, 0.05) is 13.5 Å². The Morgan fingerprint density at radius 3 is 2.53 bits per heavy atom. The zero-order valence-corrected chi connectivity index (χ0v) is 19.6. The minimum Gasteiger partial charge on any atom is -0.383 e. The van der Waals surface area contributed by atoms with Crippen LogP contribution in [0.2, 0.25) is 0 Å². The van der Waals surface area contributed by atoms with E-state index in [4.69, 9.17) is 5.73 Å². The quantitative estimate of drug-likeness (QED) is 0.524. The van der Waals surface area contributed by atoms with Crippen LogP contribution < -0.4 is 21.9 Å². The smallest absolute Gasteiger partial charge is 0.330 e. The third-order valence-corrected chi connectivity index (χ3v) is 7.83. The summed E-state index contributed by atoms with van der Waals surface area (Å²) in [6, 6.07) is 14.1. The van der Waals surface area contributed by atoms with Gasteiger partial charge < -0.3 is 10.6 Å². The van der Waals surface area contributed by atoms with E-state index in [1.54, 1.807) is 36.4 Å². The molecule has 2 aromatic carbocycles. The van der Waals surface area contributed by atoms with Crippen molar-refractivity contribution in [2.75, 3.05) is 23.4 Å². The van der Waals surface area contributed by atoms with Gasteiger partial charge in [-0.2, -0.15) is 0 Å². The van der Waals surface area contributed by atoms with Gasteiger partial charge in [0.05, 0.1) is 17.2 Å². The highest BCUT2D eigenvalue weighted by Crippen LogP contribution is 2.25. The van der Waals surface area contributed by atoms with Gasteiger partial charge in [0.15, 0.2) is 15.5 Å². The Morgan fingerprint density at radius 1 is 1.09 bits per heavy atom. The number of aromatic amines is 1. The van der Waals surface area contributed by atoms with Crippen LogP contribution >= 0.6 is 0 Å². The highest BCUT2D eigenvalue weighted by Gasteiger charge is 2.24. The van der Waals surface area contributed by atoms with E-state index in [1.165, 1.54) is 7.05 Å². The first-order valence-corrected chi connectivity index (χ1v) is 12.6. The lowest BCUT2D eigenvalue weighted by molar-refractivity contribution is -0.117. The lowest BCUT2D eigenvalue weighted by Crippen LogP contribution is -2.39. The van der Waals surface area contributed by atoms with Crippen molar-refractivity contribution in [3.63, 3.8) is 0 Å². The summed E-state index contributed by atoms with van der Waals surface area (Å²) in [5.74, 6) is -1.18. The molecule has 3 N–H and O–H groups in total. The van der Waals surface area contributed by atoms with Crippen LogP contribution in [0, 0.1) is 0 Å². The molecule has 0 atom stereocenters. The van der Waals surface area contributed by atoms with Gasteiger partial charge in [-0.25, -0.2) is 13.2 Å². The molecule has 1 aliphatic carbocycles. The van der Waals surface area contributed by atoms with Crippen LogP contribution in [0.5, 0.6) is 0 Å². The largest absolute Gasteiger partial charge is 0.383 e. The maximum atomic E-state index is 12.8. The summed E-state index contributed by atoms with van der Waals surface area (Å²) in [4.78, 5) is 41.0. The van der Waals surface area contributed by atoms with E-state index < -0.39 is 32.7 Å². The maximum absolute atomic E-state index is 12.8. The second-order valence-electron chi connectivity index (χ2n) is 8.37. The number of sulfone groups is 1. The fraction of sp³-hybridized carbons (Fsp3) is 0.292. The van der Waals surface area contributed by atoms with Crippen molar-refractivity contribution >= 4 is 27.2 Å². The Labute approximate surface area is 196 Å². The molecule has 1 aliphatic rings. The summed E-state index contributed by atoms with van der Waals surface area (Å²) in [6.07, 6.45) is 2.46. The number of hydrogen-bond acceptors (Lipinski definition) is 6. The molecule has 0 spiro atoms. The highest BCUT2D eigenvalue weighted by molar-refractivity contribution is 7.91. The van der Waals surface area contributed by atoms with E-state index in [-0.39, 0.29) is 29.4 Å². The minimum atomic E-state index is -3.69. The average molecular weight is 483 g/mol. The standard InChI is InChI=1S/C24H26N4O5S/c1-27(20(29)12-13-34(32,33)19-11-10-17-8-5-9-18(17)14-19)21-22(25)28(24(31)26-23(21)30)15-16-6-3-2-4-7-16/h2-4,6-7,10-11,14H,5,8-9,12-13,15,25H2,1H3,(H,26,30,31). The molecule has 1 heterocycles. The number of H-pyrrole nitrogens is 1. The lowest BCUT2D eigenvalue weighted by Gasteiger charge is -2.20. The van der Waals surface area contributed by atoms with Gasteiger partial charge >= 0.3 is 5.69 Å². The van der Waals surface area contributed by atoms with Gasteiger partial charge in [0.1, 0.15) is 5.82 Å². The predicted octanol–water partition coefficient (Wildman–Crippen LogP) is 1.48. The zero-order valence-electron chi connectivity index (χ0n) is 18.8. The highest BCUT2D eigenvalue weighted by atomic mass is 32.2. The first-order chi connectivity index (χ1) is 16.2. The molecule has 0 saturated heterocycles. The molecule has 0 aliphatic heterocycles. The summed E-state index contributed by atoms with van der Waals surface area (Å²) in [5, 5.41) is 0. The lowest BCUT2D eigenvalue weighted by atomic mass is 10.1. The fourth-order valence-corrected chi connectivity index (χ4v) is 5.47. The summed E-state index contributed by atoms with van der Waals surface area (Å²) < 4.78 is 26.8. The molecule has 9 nitrogen and oxygen atoms in total. The van der Waals surface area contributed by atoms with Gasteiger partial charge in [0.2, 0.25) is 5.91 Å². The molecule has 0 unspecified atom stereocenters. The monoisotopic (exact) mass is 482 g/mol. The van der Waals surface area contributed by atoms with Gasteiger partial charge in [-0.05, 0) is 48.1 Å². The Bertz CT molecular complexity index is 1460. The number of nitrogens with one attached hydrogen (secondary N) is 1. The van der Waals surface area contributed by atoms with Gasteiger partial charge in [-0.3, -0.25) is 19.1 Å². The van der Waals surface area contributed by atoms with E-state index in [1.807, 2.05) is 12.1 Å². The molecule has 10 heteroatoms. The summed E-state index contributed by atoms with van der Waals surface area (Å²) in [7, 11) is -2.35. The fourth-order valence-electron chi connectivity index (χ4n) is 4.20. The van der Waals surface area contributed by atoms with Crippen molar-refractivity contribution in [1.29, 1.82) is 0 Å². The van der Waals surface area contributed by atoms with Crippen LogP contribution in [0.15, 0.2) is 63.0 Å². The SMILES string of the molecule is CN(C(=O)CCS(=O)(=O)c1ccc2c(c1)CCC2)c1c(N)n(Cc2ccccc2)c(=O)[nH]c1=O. The summed E-state index contributed by atoms with van der Waals surface area (Å²) >= 11 is 0. The molecular formula is C24H26N4O5S. The van der Waals surface area contributed by atoms with Gasteiger partial charge in [0.25, 0.3) is 5.56 Å². The first-order valence-electron chi connectivity index (χ1n) is 10.9. The summed E-state index contributed by atoms with van der Waals surface area (Å²) in [5.41, 5.74) is 7.39. The third-order valence-electron chi connectivity index (χ3n) is 6.12. The van der Waals surface area contributed by atoms with Crippen LogP contribution in [-0.4, -0.2) is 36.7 Å². The van der Waals surface area contributed by atoms with Gasteiger partial charge in [-0.15, -0.1) is 0 Å². The first kappa shape index (κ1) is 23.5. The van der Waals surface area contributed by atoms with Crippen LogP contribution in [0.3, 0.4) is 0 Å². The number of benzene rings is 2. The number of carbonyl (C=O) groups is 1. The number of carbonyl (C=O) groups excluding carboxylic acids is 1. The van der Waals surface area contributed by atoms with Crippen molar-refractivity contribution in [2.45, 2.75) is 37.1 Å². The molecule has 3 aromatic rings. The number of aryl methyl sites for hydroxylation is 2. The Balaban J connectivity index is 1.54. The van der Waals surface area contributed by atoms with Crippen molar-refractivity contribution in [3.8, 4) is 0 Å². The number of aromatic nitrogens is 2. The molecule has 0 radical (unpaired) electrons. The van der Waals surface area contributed by atoms with Crippen LogP contribution in [0.4, 0.5) is 11.5 Å². The van der Waals surface area contributed by atoms with Crippen molar-refractivity contribution < 1.29 is 13.2 Å². The number of anilines is 2. The number of rotatable bonds is 7. The average Bonchev–Trinajstić information content (AvgIpc) is 3.29. The Kier molecular flexibility index (Phi) is 6.43. The van der Waals surface area contributed by atoms with Crippen LogP contribution in [0.1, 0.15) is 29.5 Å². The Hall–Kier alpha value is -3.66. The van der Waals surface area contributed by atoms with Crippen molar-refractivity contribution in [1.82, 2.24) is 9.55 Å². The zero-order chi connectivity index (χ0) is 24.5.